The van der Waals surface area contributed by atoms with Crippen molar-refractivity contribution >= 4 is 23.3 Å². The number of methoxy groups -OCH3 is 1. The van der Waals surface area contributed by atoms with E-state index in [2.05, 4.69) is 26.5 Å². The van der Waals surface area contributed by atoms with Crippen LogP contribution in [-0.2, 0) is 11.2 Å². The van der Waals surface area contributed by atoms with Gasteiger partial charge in [-0.2, -0.15) is 5.10 Å². The van der Waals surface area contributed by atoms with Crippen molar-refractivity contribution in [2.75, 3.05) is 25.1 Å². The van der Waals surface area contributed by atoms with Crippen molar-refractivity contribution in [1.82, 2.24) is 15.5 Å². The van der Waals surface area contributed by atoms with Crippen LogP contribution in [0.25, 0.3) is 11.3 Å². The van der Waals surface area contributed by atoms with Crippen LogP contribution in [0.3, 0.4) is 0 Å². The minimum absolute atomic E-state index is 0.00380. The molecule has 30 heavy (non-hydrogen) atoms. The molecule has 1 aliphatic rings. The number of halogens is 1. The van der Waals surface area contributed by atoms with Gasteiger partial charge in [0.25, 0.3) is 0 Å². The summed E-state index contributed by atoms with van der Waals surface area (Å²) in [4.78, 5) is 14.7. The molecule has 2 aromatic carbocycles. The first-order valence-electron chi connectivity index (χ1n) is 10.1. The van der Waals surface area contributed by atoms with Crippen molar-refractivity contribution in [3.63, 3.8) is 0 Å². The molecule has 0 saturated carbocycles. The highest BCUT2D eigenvalue weighted by Crippen LogP contribution is 2.26. The Hall–Kier alpha value is -2.99. The molecule has 156 valence electrons. The number of carbonyl (C=O) groups is 1. The second-order valence-corrected chi connectivity index (χ2v) is 7.90. The normalized spacial score (nSPS) is 16.3. The molecule has 0 aliphatic carbocycles. The van der Waals surface area contributed by atoms with Crippen LogP contribution in [0.4, 0.5) is 5.82 Å². The molecule has 7 heteroatoms. The number of carbonyl (C=O) groups excluding carboxylic acids is 1. The number of nitrogens with one attached hydrogen (secondary N) is 2. The molecule has 0 spiro atoms. The average Bonchev–Trinajstić information content (AvgIpc) is 3.26. The van der Waals surface area contributed by atoms with Gasteiger partial charge in [0, 0.05) is 30.2 Å². The van der Waals surface area contributed by atoms with E-state index in [0.29, 0.717) is 11.4 Å². The summed E-state index contributed by atoms with van der Waals surface area (Å²) in [6.45, 7) is 1.66. The lowest BCUT2D eigenvalue weighted by Crippen LogP contribution is -2.48. The fraction of sp³-hybridized carbons (Fsp3) is 0.304. The maximum atomic E-state index is 12.5. The number of piperidine rings is 1. The summed E-state index contributed by atoms with van der Waals surface area (Å²) in [7, 11) is 1.66. The Morgan fingerprint density at radius 3 is 2.83 bits per heavy atom. The lowest BCUT2D eigenvalue weighted by molar-refractivity contribution is -0.121. The van der Waals surface area contributed by atoms with Crippen molar-refractivity contribution in [2.24, 2.45) is 0 Å². The fourth-order valence-electron chi connectivity index (χ4n) is 3.79. The molecule has 4 rings (SSSR count). The number of nitrogens with zero attached hydrogens (tertiary/aromatic N) is 2. The predicted molar refractivity (Wildman–Crippen MR) is 119 cm³/mol. The zero-order valence-corrected chi connectivity index (χ0v) is 17.7. The number of rotatable bonds is 6. The van der Waals surface area contributed by atoms with E-state index < -0.39 is 0 Å². The van der Waals surface area contributed by atoms with Crippen LogP contribution in [0.2, 0.25) is 5.02 Å². The number of ether oxygens (including phenoxy) is 1. The molecular formula is C23H25ClN4O2. The van der Waals surface area contributed by atoms with Crippen LogP contribution in [0.5, 0.6) is 5.75 Å². The van der Waals surface area contributed by atoms with E-state index in [1.54, 1.807) is 7.11 Å². The molecule has 1 aliphatic heterocycles. The number of benzene rings is 2. The third-order valence-corrected chi connectivity index (χ3v) is 5.75. The first-order valence-corrected chi connectivity index (χ1v) is 10.5. The topological polar surface area (TPSA) is 70.2 Å². The minimum atomic E-state index is -0.00380. The molecule has 2 heterocycles. The molecule has 1 fully saturated rings. The Balaban J connectivity index is 1.37. The van der Waals surface area contributed by atoms with Crippen molar-refractivity contribution < 1.29 is 9.53 Å². The molecule has 1 amide bonds. The quantitative estimate of drug-likeness (QED) is 0.625. The molecule has 2 N–H and O–H groups in total. The van der Waals surface area contributed by atoms with E-state index >= 15 is 0 Å². The van der Waals surface area contributed by atoms with E-state index in [9.17, 15) is 4.79 Å². The fourth-order valence-corrected chi connectivity index (χ4v) is 3.99. The summed E-state index contributed by atoms with van der Waals surface area (Å²) in [5, 5.41) is 11.4. The number of anilines is 1. The molecule has 0 bridgehead atoms. The van der Waals surface area contributed by atoms with E-state index in [0.717, 1.165) is 54.3 Å². The molecule has 1 aromatic heterocycles. The SMILES string of the molecule is COc1ccc(-c2cc(N3CCCC(NC(=O)Cc4ccccc4Cl)C3)n[nH]2)cc1. The van der Waals surface area contributed by atoms with E-state index in [4.69, 9.17) is 16.3 Å². The molecule has 0 radical (unpaired) electrons. The van der Waals surface area contributed by atoms with Gasteiger partial charge in [-0.1, -0.05) is 29.8 Å². The molecule has 1 atom stereocenters. The van der Waals surface area contributed by atoms with Crippen molar-refractivity contribution in [2.45, 2.75) is 25.3 Å². The summed E-state index contributed by atoms with van der Waals surface area (Å²) in [5.74, 6) is 1.71. The van der Waals surface area contributed by atoms with Gasteiger partial charge in [0.1, 0.15) is 5.75 Å². The van der Waals surface area contributed by atoms with E-state index in [1.807, 2.05) is 48.5 Å². The number of H-pyrrole nitrogens is 1. The lowest BCUT2D eigenvalue weighted by atomic mass is 10.0. The van der Waals surface area contributed by atoms with Crippen LogP contribution in [0.15, 0.2) is 54.6 Å². The minimum Gasteiger partial charge on any atom is -0.497 e. The van der Waals surface area contributed by atoms with Crippen LogP contribution >= 0.6 is 11.6 Å². The zero-order chi connectivity index (χ0) is 20.9. The average molecular weight is 425 g/mol. The lowest BCUT2D eigenvalue weighted by Gasteiger charge is -2.33. The standard InChI is InChI=1S/C23H25ClN4O2/c1-30-19-10-8-16(9-11-19)21-14-22(27-26-21)28-12-4-6-18(15-28)25-23(29)13-17-5-2-3-7-20(17)24/h2-3,5,7-11,14,18H,4,6,12-13,15H2,1H3,(H,25,29)(H,26,27). The highest BCUT2D eigenvalue weighted by atomic mass is 35.5. The summed E-state index contributed by atoms with van der Waals surface area (Å²) in [6, 6.07) is 17.5. The zero-order valence-electron chi connectivity index (χ0n) is 16.9. The van der Waals surface area contributed by atoms with Crippen LogP contribution in [-0.4, -0.2) is 42.3 Å². The molecule has 1 saturated heterocycles. The van der Waals surface area contributed by atoms with Crippen LogP contribution in [0.1, 0.15) is 18.4 Å². The van der Waals surface area contributed by atoms with Crippen molar-refractivity contribution in [3.05, 3.63) is 65.2 Å². The molecule has 6 nitrogen and oxygen atoms in total. The van der Waals surface area contributed by atoms with E-state index in [1.165, 1.54) is 0 Å². The van der Waals surface area contributed by atoms with Gasteiger partial charge in [0.05, 0.1) is 19.2 Å². The molecular weight excluding hydrogens is 400 g/mol. The second kappa shape index (κ2) is 9.22. The van der Waals surface area contributed by atoms with Gasteiger partial charge in [-0.3, -0.25) is 9.89 Å². The monoisotopic (exact) mass is 424 g/mol. The van der Waals surface area contributed by atoms with E-state index in [-0.39, 0.29) is 11.9 Å². The van der Waals surface area contributed by atoms with Crippen LogP contribution < -0.4 is 15.0 Å². The Morgan fingerprint density at radius 2 is 2.07 bits per heavy atom. The first kappa shape index (κ1) is 20.3. The number of aromatic amines is 1. The maximum absolute atomic E-state index is 12.5. The predicted octanol–water partition coefficient (Wildman–Crippen LogP) is 4.07. The number of hydrogen-bond donors (Lipinski definition) is 2. The van der Waals surface area contributed by atoms with Gasteiger partial charge < -0.3 is 15.0 Å². The summed E-state index contributed by atoms with van der Waals surface area (Å²) in [5.41, 5.74) is 2.86. The summed E-state index contributed by atoms with van der Waals surface area (Å²) >= 11 is 6.18. The van der Waals surface area contributed by atoms with Gasteiger partial charge in [-0.05, 0) is 54.3 Å². The van der Waals surface area contributed by atoms with Gasteiger partial charge in [0.2, 0.25) is 5.91 Å². The third kappa shape index (κ3) is 4.76. The van der Waals surface area contributed by atoms with Crippen LogP contribution in [0, 0.1) is 0 Å². The highest BCUT2D eigenvalue weighted by molar-refractivity contribution is 6.31. The smallest absolute Gasteiger partial charge is 0.224 e. The van der Waals surface area contributed by atoms with Gasteiger partial charge in [-0.15, -0.1) is 0 Å². The summed E-state index contributed by atoms with van der Waals surface area (Å²) in [6.07, 6.45) is 2.25. The van der Waals surface area contributed by atoms with Crippen molar-refractivity contribution in [3.8, 4) is 17.0 Å². The summed E-state index contributed by atoms with van der Waals surface area (Å²) < 4.78 is 5.22. The van der Waals surface area contributed by atoms with Gasteiger partial charge in [0.15, 0.2) is 5.82 Å². The Bertz CT molecular complexity index is 1000. The molecule has 3 aromatic rings. The molecule has 1 unspecified atom stereocenters. The number of hydrogen-bond acceptors (Lipinski definition) is 4. The van der Waals surface area contributed by atoms with Gasteiger partial charge in [-0.25, -0.2) is 0 Å². The Morgan fingerprint density at radius 1 is 1.27 bits per heavy atom. The highest BCUT2D eigenvalue weighted by Gasteiger charge is 2.23. The van der Waals surface area contributed by atoms with Gasteiger partial charge >= 0.3 is 0 Å². The second-order valence-electron chi connectivity index (χ2n) is 7.49. The van der Waals surface area contributed by atoms with Crippen molar-refractivity contribution in [1.29, 1.82) is 0 Å². The first-order chi connectivity index (χ1) is 14.6. The third-order valence-electron chi connectivity index (χ3n) is 5.38. The number of aromatic nitrogens is 2. The maximum Gasteiger partial charge on any atom is 0.224 e. The Labute approximate surface area is 181 Å². The largest absolute Gasteiger partial charge is 0.497 e. The number of amides is 1. The Kier molecular flexibility index (Phi) is 6.23.